The number of halogens is 1. The Morgan fingerprint density at radius 3 is 2.32 bits per heavy atom. The number of hydrogen-bond donors (Lipinski definition) is 3. The van der Waals surface area contributed by atoms with Crippen LogP contribution in [0.25, 0.3) is 0 Å². The number of piperidine rings is 1. The van der Waals surface area contributed by atoms with E-state index in [2.05, 4.69) is 43.6 Å². The van der Waals surface area contributed by atoms with E-state index in [4.69, 9.17) is 16.3 Å². The fourth-order valence-corrected chi connectivity index (χ4v) is 3.80. The van der Waals surface area contributed by atoms with E-state index in [1.807, 2.05) is 0 Å². The van der Waals surface area contributed by atoms with Crippen molar-refractivity contribution >= 4 is 29.1 Å². The van der Waals surface area contributed by atoms with Crippen LogP contribution >= 0.6 is 11.6 Å². The molecule has 1 saturated heterocycles. The third-order valence-electron chi connectivity index (χ3n) is 4.14. The highest BCUT2D eigenvalue weighted by molar-refractivity contribution is 6.40. The Labute approximate surface area is 153 Å². The number of carbonyl (C=O) groups excluding carboxylic acids is 2. The summed E-state index contributed by atoms with van der Waals surface area (Å²) in [6.45, 7) is 8.35. The second-order valence-corrected chi connectivity index (χ2v) is 8.21. The summed E-state index contributed by atoms with van der Waals surface area (Å²) in [4.78, 5) is 24.6. The molecule has 1 aromatic rings. The quantitative estimate of drug-likeness (QED) is 0.718. The summed E-state index contributed by atoms with van der Waals surface area (Å²) in [6, 6.07) is 4.75. The van der Waals surface area contributed by atoms with Crippen molar-refractivity contribution in [2.45, 2.75) is 57.7 Å². The fourth-order valence-electron chi connectivity index (χ4n) is 3.63. The van der Waals surface area contributed by atoms with Crippen LogP contribution in [0.2, 0.25) is 5.02 Å². The average molecular weight is 368 g/mol. The second-order valence-electron chi connectivity index (χ2n) is 7.77. The molecule has 2 rings (SSSR count). The molecule has 0 bridgehead atoms. The van der Waals surface area contributed by atoms with Gasteiger partial charge in [-0.3, -0.25) is 9.59 Å². The van der Waals surface area contributed by atoms with Crippen molar-refractivity contribution in [1.82, 2.24) is 10.6 Å². The van der Waals surface area contributed by atoms with Gasteiger partial charge in [0.2, 0.25) is 0 Å². The molecule has 0 aliphatic carbocycles. The minimum absolute atomic E-state index is 0.0780. The van der Waals surface area contributed by atoms with Gasteiger partial charge in [-0.15, -0.1) is 0 Å². The summed E-state index contributed by atoms with van der Waals surface area (Å²) in [5.74, 6) is -0.968. The molecular formula is C18H26ClN3O3. The minimum atomic E-state index is -0.741. The second kappa shape index (κ2) is 7.22. The first kappa shape index (κ1) is 19.5. The molecule has 1 heterocycles. The molecule has 138 valence electrons. The summed E-state index contributed by atoms with van der Waals surface area (Å²) in [7, 11) is 1.48. The highest BCUT2D eigenvalue weighted by Gasteiger charge is 2.38. The van der Waals surface area contributed by atoms with Crippen molar-refractivity contribution in [3.8, 4) is 5.75 Å². The molecule has 6 nitrogen and oxygen atoms in total. The summed E-state index contributed by atoms with van der Waals surface area (Å²) in [6.07, 6.45) is 1.49. The van der Waals surface area contributed by atoms with E-state index in [1.54, 1.807) is 18.2 Å². The van der Waals surface area contributed by atoms with E-state index in [-0.39, 0.29) is 17.1 Å². The van der Waals surface area contributed by atoms with E-state index in [0.717, 1.165) is 12.8 Å². The highest BCUT2D eigenvalue weighted by Crippen LogP contribution is 2.29. The summed E-state index contributed by atoms with van der Waals surface area (Å²) in [5, 5.41) is 9.38. The van der Waals surface area contributed by atoms with Gasteiger partial charge >= 0.3 is 11.8 Å². The number of rotatable bonds is 3. The van der Waals surface area contributed by atoms with Crippen molar-refractivity contribution in [1.29, 1.82) is 0 Å². The molecule has 0 radical (unpaired) electrons. The third kappa shape index (κ3) is 5.34. The number of anilines is 1. The van der Waals surface area contributed by atoms with Gasteiger partial charge in [0, 0.05) is 22.1 Å². The SMILES string of the molecule is COc1ccc(Cl)cc1NC(=O)C(=O)NC1CC(C)(C)NC(C)(C)C1. The van der Waals surface area contributed by atoms with Crippen LogP contribution < -0.4 is 20.7 Å². The van der Waals surface area contributed by atoms with Crippen LogP contribution in [0, 0.1) is 0 Å². The number of carbonyl (C=O) groups is 2. The van der Waals surface area contributed by atoms with Crippen molar-refractivity contribution in [3.63, 3.8) is 0 Å². The van der Waals surface area contributed by atoms with Gasteiger partial charge < -0.3 is 20.7 Å². The summed E-state index contributed by atoms with van der Waals surface area (Å²) < 4.78 is 5.17. The van der Waals surface area contributed by atoms with Gasteiger partial charge in [0.1, 0.15) is 5.75 Å². The van der Waals surface area contributed by atoms with E-state index < -0.39 is 11.8 Å². The molecule has 1 aliphatic rings. The first-order chi connectivity index (χ1) is 11.5. The smallest absolute Gasteiger partial charge is 0.313 e. The molecular weight excluding hydrogens is 342 g/mol. The van der Waals surface area contributed by atoms with Crippen LogP contribution in [0.1, 0.15) is 40.5 Å². The van der Waals surface area contributed by atoms with Gasteiger partial charge in [0.05, 0.1) is 12.8 Å². The monoisotopic (exact) mass is 367 g/mol. The van der Waals surface area contributed by atoms with Crippen LogP contribution in [0.5, 0.6) is 5.75 Å². The van der Waals surface area contributed by atoms with Crippen LogP contribution in [0.15, 0.2) is 18.2 Å². The largest absolute Gasteiger partial charge is 0.495 e. The minimum Gasteiger partial charge on any atom is -0.495 e. The van der Waals surface area contributed by atoms with Crippen LogP contribution in [-0.2, 0) is 9.59 Å². The lowest BCUT2D eigenvalue weighted by atomic mass is 9.79. The Morgan fingerprint density at radius 1 is 1.16 bits per heavy atom. The number of hydrogen-bond acceptors (Lipinski definition) is 4. The van der Waals surface area contributed by atoms with Crippen molar-refractivity contribution in [2.75, 3.05) is 12.4 Å². The fraction of sp³-hybridized carbons (Fsp3) is 0.556. The molecule has 0 aromatic heterocycles. The zero-order chi connectivity index (χ0) is 18.8. The van der Waals surface area contributed by atoms with Crippen molar-refractivity contribution in [2.24, 2.45) is 0 Å². The lowest BCUT2D eigenvalue weighted by molar-refractivity contribution is -0.137. The lowest BCUT2D eigenvalue weighted by Gasteiger charge is -2.46. The first-order valence-corrected chi connectivity index (χ1v) is 8.64. The number of ether oxygens (including phenoxy) is 1. The lowest BCUT2D eigenvalue weighted by Crippen LogP contribution is -2.62. The molecule has 3 N–H and O–H groups in total. The topological polar surface area (TPSA) is 79.5 Å². The molecule has 25 heavy (non-hydrogen) atoms. The van der Waals surface area contributed by atoms with Gasteiger partial charge in [-0.25, -0.2) is 0 Å². The molecule has 1 aliphatic heterocycles. The maximum atomic E-state index is 12.3. The number of benzene rings is 1. The average Bonchev–Trinajstić information content (AvgIpc) is 2.43. The molecule has 0 saturated carbocycles. The predicted octanol–water partition coefficient (Wildman–Crippen LogP) is 2.71. The summed E-state index contributed by atoms with van der Waals surface area (Å²) in [5.41, 5.74) is 0.125. The zero-order valence-electron chi connectivity index (χ0n) is 15.3. The Morgan fingerprint density at radius 2 is 1.76 bits per heavy atom. The molecule has 0 unspecified atom stereocenters. The van der Waals surface area contributed by atoms with E-state index >= 15 is 0 Å². The summed E-state index contributed by atoms with van der Waals surface area (Å²) >= 11 is 5.94. The van der Waals surface area contributed by atoms with Gasteiger partial charge in [0.25, 0.3) is 0 Å². The molecule has 2 amide bonds. The first-order valence-electron chi connectivity index (χ1n) is 8.26. The maximum absolute atomic E-state index is 12.3. The molecule has 7 heteroatoms. The normalized spacial score (nSPS) is 19.1. The maximum Gasteiger partial charge on any atom is 0.313 e. The van der Waals surface area contributed by atoms with E-state index in [9.17, 15) is 9.59 Å². The molecule has 0 atom stereocenters. The molecule has 1 aromatic carbocycles. The van der Waals surface area contributed by atoms with Crippen molar-refractivity contribution in [3.05, 3.63) is 23.2 Å². The Bertz CT molecular complexity index is 658. The number of nitrogens with one attached hydrogen (secondary N) is 3. The van der Waals surface area contributed by atoms with Gasteiger partial charge in [0.15, 0.2) is 0 Å². The number of amides is 2. The van der Waals surface area contributed by atoms with Gasteiger partial charge in [-0.2, -0.15) is 0 Å². The Hall–Kier alpha value is -1.79. The number of methoxy groups -OCH3 is 1. The van der Waals surface area contributed by atoms with Crippen LogP contribution in [0.4, 0.5) is 5.69 Å². The molecule has 1 fully saturated rings. The highest BCUT2D eigenvalue weighted by atomic mass is 35.5. The van der Waals surface area contributed by atoms with E-state index in [0.29, 0.717) is 16.5 Å². The van der Waals surface area contributed by atoms with Crippen LogP contribution in [-0.4, -0.2) is 36.0 Å². The zero-order valence-corrected chi connectivity index (χ0v) is 16.1. The Kier molecular flexibility index (Phi) is 5.64. The van der Waals surface area contributed by atoms with Gasteiger partial charge in [-0.1, -0.05) is 11.6 Å². The van der Waals surface area contributed by atoms with Gasteiger partial charge in [-0.05, 0) is 58.7 Å². The van der Waals surface area contributed by atoms with Crippen molar-refractivity contribution < 1.29 is 14.3 Å². The van der Waals surface area contributed by atoms with Crippen LogP contribution in [0.3, 0.4) is 0 Å². The third-order valence-corrected chi connectivity index (χ3v) is 4.38. The predicted molar refractivity (Wildman–Crippen MR) is 99.1 cm³/mol. The van der Waals surface area contributed by atoms with E-state index in [1.165, 1.54) is 7.11 Å². The molecule has 0 spiro atoms. The standard InChI is InChI=1S/C18H26ClN3O3/c1-17(2)9-12(10-18(3,4)22-17)20-15(23)16(24)21-13-8-11(19)6-7-14(13)25-5/h6-8,12,22H,9-10H2,1-5H3,(H,20,23)(H,21,24). The Balaban J connectivity index is 2.03.